The minimum absolute atomic E-state index is 0.0222. The highest BCUT2D eigenvalue weighted by Crippen LogP contribution is 2.38. The van der Waals surface area contributed by atoms with Crippen LogP contribution in [0.15, 0.2) is 84.1 Å². The molecule has 1 aliphatic rings. The zero-order valence-corrected chi connectivity index (χ0v) is 23.2. The molecule has 2 aromatic carbocycles. The molecule has 42 heavy (non-hydrogen) atoms. The number of alkyl halides is 3. The zero-order valence-electron chi connectivity index (χ0n) is 22.4. The Morgan fingerprint density at radius 3 is 2.33 bits per heavy atom. The quantitative estimate of drug-likeness (QED) is 0.281. The van der Waals surface area contributed by atoms with Crippen molar-refractivity contribution in [3.8, 4) is 23.1 Å². The van der Waals surface area contributed by atoms with Gasteiger partial charge in [-0.3, -0.25) is 0 Å². The van der Waals surface area contributed by atoms with Gasteiger partial charge < -0.3 is 9.30 Å². The molecule has 0 radical (unpaired) electrons. The summed E-state index contributed by atoms with van der Waals surface area (Å²) in [6.07, 6.45) is -1.08. The molecule has 0 saturated heterocycles. The van der Waals surface area contributed by atoms with Crippen molar-refractivity contribution in [1.82, 2.24) is 33.6 Å². The molecule has 14 heteroatoms. The third kappa shape index (κ3) is 4.92. The van der Waals surface area contributed by atoms with Gasteiger partial charge in [-0.25, -0.2) is 28.1 Å². The van der Waals surface area contributed by atoms with E-state index in [1.807, 2.05) is 13.1 Å². The van der Waals surface area contributed by atoms with Crippen LogP contribution >= 0.6 is 0 Å². The molecule has 0 fully saturated rings. The molecule has 6 rings (SSSR count). The first-order valence-corrected chi connectivity index (χ1v) is 14.3. The van der Waals surface area contributed by atoms with Crippen LogP contribution in [0.4, 0.5) is 13.2 Å². The summed E-state index contributed by atoms with van der Waals surface area (Å²) in [6, 6.07) is 14.7. The third-order valence-electron chi connectivity index (χ3n) is 6.92. The minimum atomic E-state index is -4.54. The smallest absolute Gasteiger partial charge is 0.416 e. The Hall–Kier alpha value is -4.56. The van der Waals surface area contributed by atoms with Gasteiger partial charge in [0.2, 0.25) is 15.9 Å². The predicted octanol–water partition coefficient (Wildman–Crippen LogP) is 4.66. The van der Waals surface area contributed by atoms with Gasteiger partial charge in [0.05, 0.1) is 36.1 Å². The lowest BCUT2D eigenvalue weighted by Crippen LogP contribution is -2.43. The van der Waals surface area contributed by atoms with E-state index >= 15 is 0 Å². The van der Waals surface area contributed by atoms with Gasteiger partial charge in [0, 0.05) is 12.7 Å². The van der Waals surface area contributed by atoms with Crippen molar-refractivity contribution in [2.24, 2.45) is 0 Å². The van der Waals surface area contributed by atoms with Gasteiger partial charge >= 0.3 is 6.18 Å². The molecule has 0 N–H and O–H groups in total. The van der Waals surface area contributed by atoms with E-state index in [1.54, 1.807) is 45.9 Å². The minimum Gasteiger partial charge on any atom is -0.479 e. The van der Waals surface area contributed by atoms with Gasteiger partial charge in [-0.05, 0) is 48.9 Å². The number of benzene rings is 2. The van der Waals surface area contributed by atoms with Crippen molar-refractivity contribution in [2.45, 2.75) is 30.6 Å². The van der Waals surface area contributed by atoms with E-state index in [2.05, 4.69) is 20.1 Å². The molecule has 1 aliphatic heterocycles. The summed E-state index contributed by atoms with van der Waals surface area (Å²) in [5, 5.41) is 4.59. The number of sulfonamides is 1. The number of ether oxygens (including phenoxy) is 1. The Balaban J connectivity index is 1.45. The second kappa shape index (κ2) is 10.4. The molecule has 0 aliphatic carbocycles. The van der Waals surface area contributed by atoms with Crippen molar-refractivity contribution in [2.75, 3.05) is 13.7 Å². The van der Waals surface area contributed by atoms with Gasteiger partial charge in [-0.1, -0.05) is 30.3 Å². The maximum absolute atomic E-state index is 13.8. The number of halogens is 3. The van der Waals surface area contributed by atoms with Crippen LogP contribution in [0.2, 0.25) is 0 Å². The number of methoxy groups -OCH3 is 1. The van der Waals surface area contributed by atoms with Crippen LogP contribution in [-0.4, -0.2) is 55.7 Å². The van der Waals surface area contributed by atoms with Gasteiger partial charge in [0.25, 0.3) is 0 Å². The standard InChI is InChI=1S/C28H24F3N7O3S/c1-18-16-36(17-32-18)23-13-12-22(33-27(23)41-2)25-34-26-24(19-8-10-20(11-9-19)28(29,30)31)38(15-14-37(26)35-25)42(39,40)21-6-4-3-5-7-21/h3-13,16-17,24H,14-15H2,1-2H3/t24-/m1/s1. The van der Waals surface area contributed by atoms with Crippen LogP contribution in [0.5, 0.6) is 5.88 Å². The monoisotopic (exact) mass is 595 g/mol. The van der Waals surface area contributed by atoms with Crippen LogP contribution in [0.3, 0.4) is 0 Å². The maximum Gasteiger partial charge on any atom is 0.416 e. The molecule has 1 atom stereocenters. The maximum atomic E-state index is 13.8. The lowest BCUT2D eigenvalue weighted by molar-refractivity contribution is -0.137. The number of fused-ring (bicyclic) bond motifs is 1. The number of rotatable bonds is 6. The number of aryl methyl sites for hydroxylation is 1. The Bertz CT molecular complexity index is 1850. The summed E-state index contributed by atoms with van der Waals surface area (Å²) in [5.74, 6) is 0.767. The second-order valence-electron chi connectivity index (χ2n) is 9.62. The summed E-state index contributed by atoms with van der Waals surface area (Å²) in [5.41, 5.74) is 1.31. The van der Waals surface area contributed by atoms with Gasteiger partial charge in [0.1, 0.15) is 17.4 Å². The normalized spacial score (nSPS) is 15.9. The van der Waals surface area contributed by atoms with E-state index in [-0.39, 0.29) is 29.6 Å². The fraction of sp³-hybridized carbons (Fsp3) is 0.214. The first-order valence-electron chi connectivity index (χ1n) is 12.8. The molecule has 0 bridgehead atoms. The highest BCUT2D eigenvalue weighted by atomic mass is 32.2. The van der Waals surface area contributed by atoms with E-state index in [1.165, 1.54) is 35.7 Å². The average Bonchev–Trinajstić information content (AvgIpc) is 3.62. The van der Waals surface area contributed by atoms with Crippen molar-refractivity contribution in [3.05, 3.63) is 102 Å². The van der Waals surface area contributed by atoms with E-state index in [4.69, 9.17) is 4.74 Å². The summed E-state index contributed by atoms with van der Waals surface area (Å²) >= 11 is 0. The van der Waals surface area contributed by atoms with Crippen LogP contribution in [-0.2, 0) is 22.7 Å². The molecule has 10 nitrogen and oxygen atoms in total. The van der Waals surface area contributed by atoms with Crippen molar-refractivity contribution < 1.29 is 26.3 Å². The Morgan fingerprint density at radius 2 is 1.69 bits per heavy atom. The molecule has 0 amide bonds. The van der Waals surface area contributed by atoms with E-state index in [9.17, 15) is 21.6 Å². The summed E-state index contributed by atoms with van der Waals surface area (Å²) < 4.78 is 77.7. The van der Waals surface area contributed by atoms with Gasteiger partial charge in [0.15, 0.2) is 11.6 Å². The van der Waals surface area contributed by atoms with Crippen LogP contribution in [0.1, 0.15) is 28.7 Å². The summed E-state index contributed by atoms with van der Waals surface area (Å²) in [6.45, 7) is 2.06. The van der Waals surface area contributed by atoms with Crippen molar-refractivity contribution in [1.29, 1.82) is 0 Å². The average molecular weight is 596 g/mol. The predicted molar refractivity (Wildman–Crippen MR) is 145 cm³/mol. The van der Waals surface area contributed by atoms with Crippen LogP contribution < -0.4 is 4.74 Å². The lowest BCUT2D eigenvalue weighted by atomic mass is 10.0. The first-order chi connectivity index (χ1) is 20.1. The first kappa shape index (κ1) is 27.6. The second-order valence-corrected chi connectivity index (χ2v) is 11.5. The zero-order chi connectivity index (χ0) is 29.6. The van der Waals surface area contributed by atoms with Crippen LogP contribution in [0.25, 0.3) is 17.2 Å². The molecular formula is C28H24F3N7O3S. The summed E-state index contributed by atoms with van der Waals surface area (Å²) in [4.78, 5) is 13.5. The molecule has 0 spiro atoms. The van der Waals surface area contributed by atoms with Gasteiger partial charge in [-0.15, -0.1) is 5.10 Å². The summed E-state index contributed by atoms with van der Waals surface area (Å²) in [7, 11) is -2.57. The highest BCUT2D eigenvalue weighted by Gasteiger charge is 2.40. The lowest BCUT2D eigenvalue weighted by Gasteiger charge is -2.34. The molecule has 216 valence electrons. The molecular weight excluding hydrogens is 571 g/mol. The SMILES string of the molecule is COc1nc(-c2nc3n(n2)CCN(S(=O)(=O)c2ccccc2)[C@@H]3c2ccc(C(F)(F)F)cc2)ccc1-n1cnc(C)c1. The Kier molecular flexibility index (Phi) is 6.81. The van der Waals surface area contributed by atoms with Crippen LogP contribution in [0, 0.1) is 6.92 Å². The number of nitrogens with zero attached hydrogens (tertiary/aromatic N) is 7. The number of imidazole rings is 1. The van der Waals surface area contributed by atoms with E-state index in [0.717, 1.165) is 17.8 Å². The van der Waals surface area contributed by atoms with Crippen molar-refractivity contribution in [3.63, 3.8) is 0 Å². The largest absolute Gasteiger partial charge is 0.479 e. The number of hydrogen-bond acceptors (Lipinski definition) is 7. The number of aromatic nitrogens is 6. The third-order valence-corrected chi connectivity index (χ3v) is 8.80. The molecule has 5 aromatic rings. The number of hydrogen-bond donors (Lipinski definition) is 0. The van der Waals surface area contributed by atoms with Gasteiger partial charge in [-0.2, -0.15) is 17.5 Å². The molecule has 0 unspecified atom stereocenters. The highest BCUT2D eigenvalue weighted by molar-refractivity contribution is 7.89. The van der Waals surface area contributed by atoms with Crippen molar-refractivity contribution >= 4 is 10.0 Å². The number of pyridine rings is 1. The van der Waals surface area contributed by atoms with E-state index < -0.39 is 27.8 Å². The topological polar surface area (TPSA) is 108 Å². The molecule has 4 heterocycles. The fourth-order valence-corrected chi connectivity index (χ4v) is 6.48. The van der Waals surface area contributed by atoms with E-state index in [0.29, 0.717) is 22.8 Å². The fourth-order valence-electron chi connectivity index (χ4n) is 4.89. The molecule has 0 saturated carbocycles. The molecule has 3 aromatic heterocycles. The Morgan fingerprint density at radius 1 is 0.952 bits per heavy atom. The Labute approximate surface area is 239 Å².